The van der Waals surface area contributed by atoms with E-state index in [9.17, 15) is 18.5 Å². The molecule has 100 valence electrons. The van der Waals surface area contributed by atoms with Crippen LogP contribution in [0.5, 0.6) is 0 Å². The molecular weight excluding hydrogens is 260 g/mol. The Balaban J connectivity index is 2.66. The van der Waals surface area contributed by atoms with E-state index in [-0.39, 0.29) is 24.6 Å². The third kappa shape index (κ3) is 4.63. The molecule has 18 heavy (non-hydrogen) atoms. The lowest BCUT2D eigenvalue weighted by Crippen LogP contribution is -2.28. The highest BCUT2D eigenvalue weighted by Gasteiger charge is 2.14. The molecule has 0 aliphatic rings. The van der Waals surface area contributed by atoms with Crippen LogP contribution in [0.1, 0.15) is 5.69 Å². The third-order valence-electron chi connectivity index (χ3n) is 1.99. The first-order chi connectivity index (χ1) is 8.29. The Kier molecular flexibility index (Phi) is 4.56. The number of rotatable bonds is 6. The van der Waals surface area contributed by atoms with Gasteiger partial charge in [-0.05, 0) is 13.0 Å². The molecule has 0 unspecified atom stereocenters. The minimum Gasteiger partial charge on any atom is -0.363 e. The van der Waals surface area contributed by atoms with Gasteiger partial charge < -0.3 is 5.32 Å². The molecule has 1 aromatic heterocycles. The Labute approximate surface area is 105 Å². The van der Waals surface area contributed by atoms with Crippen LogP contribution in [0.15, 0.2) is 12.1 Å². The average molecular weight is 274 g/mol. The van der Waals surface area contributed by atoms with E-state index >= 15 is 0 Å². The summed E-state index contributed by atoms with van der Waals surface area (Å²) < 4.78 is 23.9. The number of nitrogens with zero attached hydrogens (tertiary/aromatic N) is 2. The van der Waals surface area contributed by atoms with Crippen molar-refractivity contribution in [2.75, 3.05) is 24.7 Å². The number of aromatic nitrogens is 1. The van der Waals surface area contributed by atoms with E-state index in [1.165, 1.54) is 12.1 Å². The SMILES string of the molecule is Cc1ccc([N+](=O)[O-])c(NCCNS(C)(=O)=O)n1. The maximum Gasteiger partial charge on any atom is 0.311 e. The Morgan fingerprint density at radius 3 is 2.61 bits per heavy atom. The van der Waals surface area contributed by atoms with Crippen LogP contribution in [0.3, 0.4) is 0 Å². The predicted octanol–water partition coefficient (Wildman–Crippen LogP) is 0.259. The van der Waals surface area contributed by atoms with E-state index in [1.807, 2.05) is 0 Å². The number of nitro groups is 1. The van der Waals surface area contributed by atoms with Crippen LogP contribution in [-0.2, 0) is 10.0 Å². The zero-order valence-corrected chi connectivity index (χ0v) is 10.8. The van der Waals surface area contributed by atoms with Gasteiger partial charge in [0.1, 0.15) is 0 Å². The fraction of sp³-hybridized carbons (Fsp3) is 0.444. The molecule has 0 aromatic carbocycles. The van der Waals surface area contributed by atoms with Gasteiger partial charge in [0.15, 0.2) is 0 Å². The lowest BCUT2D eigenvalue weighted by molar-refractivity contribution is -0.384. The normalized spacial score (nSPS) is 11.2. The topological polar surface area (TPSA) is 114 Å². The second-order valence-electron chi connectivity index (χ2n) is 3.67. The van der Waals surface area contributed by atoms with Crippen molar-refractivity contribution >= 4 is 21.5 Å². The summed E-state index contributed by atoms with van der Waals surface area (Å²) in [4.78, 5) is 14.2. The zero-order valence-electron chi connectivity index (χ0n) is 10.0. The smallest absolute Gasteiger partial charge is 0.311 e. The molecule has 9 heteroatoms. The summed E-state index contributed by atoms with van der Waals surface area (Å²) in [5.74, 6) is 0.135. The first-order valence-electron chi connectivity index (χ1n) is 5.10. The minimum absolute atomic E-state index is 0.131. The highest BCUT2D eigenvalue weighted by molar-refractivity contribution is 7.88. The Morgan fingerprint density at radius 2 is 2.06 bits per heavy atom. The molecule has 2 N–H and O–H groups in total. The van der Waals surface area contributed by atoms with Crippen molar-refractivity contribution in [2.45, 2.75) is 6.92 Å². The first-order valence-corrected chi connectivity index (χ1v) is 6.99. The van der Waals surface area contributed by atoms with Gasteiger partial charge in [-0.3, -0.25) is 10.1 Å². The van der Waals surface area contributed by atoms with Crippen LogP contribution >= 0.6 is 0 Å². The maximum absolute atomic E-state index is 10.8. The van der Waals surface area contributed by atoms with Gasteiger partial charge in [-0.2, -0.15) is 0 Å². The van der Waals surface area contributed by atoms with Gasteiger partial charge in [-0.1, -0.05) is 0 Å². The molecule has 0 saturated heterocycles. The van der Waals surface area contributed by atoms with E-state index in [4.69, 9.17) is 0 Å². The molecule has 1 aromatic rings. The molecule has 0 aliphatic heterocycles. The van der Waals surface area contributed by atoms with E-state index in [2.05, 4.69) is 15.0 Å². The third-order valence-corrected chi connectivity index (χ3v) is 2.72. The Bertz CT molecular complexity index is 543. The standard InChI is InChI=1S/C9H14N4O4S/c1-7-3-4-8(13(14)15)9(12-7)10-5-6-11-18(2,16)17/h3-4,11H,5-6H2,1-2H3,(H,10,12). The van der Waals surface area contributed by atoms with Gasteiger partial charge in [0.2, 0.25) is 15.8 Å². The summed E-state index contributed by atoms with van der Waals surface area (Å²) in [6, 6.07) is 2.90. The van der Waals surface area contributed by atoms with Crippen molar-refractivity contribution in [1.29, 1.82) is 0 Å². The van der Waals surface area contributed by atoms with E-state index < -0.39 is 14.9 Å². The summed E-state index contributed by atoms with van der Waals surface area (Å²) in [5.41, 5.74) is 0.499. The highest BCUT2D eigenvalue weighted by atomic mass is 32.2. The summed E-state index contributed by atoms with van der Waals surface area (Å²) in [7, 11) is -3.26. The van der Waals surface area contributed by atoms with Crippen molar-refractivity contribution in [2.24, 2.45) is 0 Å². The molecule has 0 spiro atoms. The van der Waals surface area contributed by atoms with Gasteiger partial charge in [0.25, 0.3) is 0 Å². The van der Waals surface area contributed by atoms with Crippen LogP contribution in [0.2, 0.25) is 0 Å². The van der Waals surface area contributed by atoms with Gasteiger partial charge >= 0.3 is 5.69 Å². The highest BCUT2D eigenvalue weighted by Crippen LogP contribution is 2.21. The fourth-order valence-electron chi connectivity index (χ4n) is 1.24. The van der Waals surface area contributed by atoms with Crippen LogP contribution < -0.4 is 10.0 Å². The molecule has 0 aliphatic carbocycles. The van der Waals surface area contributed by atoms with E-state index in [0.29, 0.717) is 5.69 Å². The number of pyridine rings is 1. The summed E-state index contributed by atoms with van der Waals surface area (Å²) in [5, 5.41) is 13.5. The van der Waals surface area contributed by atoms with Gasteiger partial charge in [-0.25, -0.2) is 18.1 Å². The van der Waals surface area contributed by atoms with Gasteiger partial charge in [0, 0.05) is 24.8 Å². The average Bonchev–Trinajstić information content (AvgIpc) is 2.22. The largest absolute Gasteiger partial charge is 0.363 e. The molecule has 1 rings (SSSR count). The van der Waals surface area contributed by atoms with Crippen LogP contribution in [0.25, 0.3) is 0 Å². The zero-order chi connectivity index (χ0) is 13.8. The molecular formula is C9H14N4O4S. The lowest BCUT2D eigenvalue weighted by Gasteiger charge is -2.07. The summed E-state index contributed by atoms with van der Waals surface area (Å²) in [6.45, 7) is 2.06. The van der Waals surface area contributed by atoms with Crippen molar-refractivity contribution in [3.8, 4) is 0 Å². The van der Waals surface area contributed by atoms with Crippen molar-refractivity contribution in [1.82, 2.24) is 9.71 Å². The second kappa shape index (κ2) is 5.74. The number of sulfonamides is 1. The molecule has 0 atom stereocenters. The Hall–Kier alpha value is -1.74. The van der Waals surface area contributed by atoms with E-state index in [0.717, 1.165) is 6.26 Å². The molecule has 0 radical (unpaired) electrons. The molecule has 8 nitrogen and oxygen atoms in total. The minimum atomic E-state index is -3.26. The number of hydrogen-bond donors (Lipinski definition) is 2. The first kappa shape index (κ1) is 14.3. The number of nitrogens with one attached hydrogen (secondary N) is 2. The number of hydrogen-bond acceptors (Lipinski definition) is 6. The molecule has 0 saturated carbocycles. The van der Waals surface area contributed by atoms with Crippen molar-refractivity contribution in [3.05, 3.63) is 27.9 Å². The lowest BCUT2D eigenvalue weighted by atomic mass is 10.3. The molecule has 0 amide bonds. The number of anilines is 1. The molecule has 1 heterocycles. The van der Waals surface area contributed by atoms with Crippen LogP contribution in [0, 0.1) is 17.0 Å². The predicted molar refractivity (Wildman–Crippen MR) is 67.0 cm³/mol. The van der Waals surface area contributed by atoms with Gasteiger partial charge in [0.05, 0.1) is 11.2 Å². The van der Waals surface area contributed by atoms with Gasteiger partial charge in [-0.15, -0.1) is 0 Å². The monoisotopic (exact) mass is 274 g/mol. The van der Waals surface area contributed by atoms with Crippen LogP contribution in [0.4, 0.5) is 11.5 Å². The van der Waals surface area contributed by atoms with Crippen LogP contribution in [-0.4, -0.2) is 37.7 Å². The molecule has 0 bridgehead atoms. The van der Waals surface area contributed by atoms with Crippen molar-refractivity contribution < 1.29 is 13.3 Å². The van der Waals surface area contributed by atoms with E-state index in [1.54, 1.807) is 6.92 Å². The fourth-order valence-corrected chi connectivity index (χ4v) is 1.72. The summed E-state index contributed by atoms with van der Waals surface area (Å²) >= 11 is 0. The maximum atomic E-state index is 10.8. The van der Waals surface area contributed by atoms with Crippen molar-refractivity contribution in [3.63, 3.8) is 0 Å². The summed E-state index contributed by atoms with van der Waals surface area (Å²) in [6.07, 6.45) is 1.04. The second-order valence-corrected chi connectivity index (χ2v) is 5.50. The Morgan fingerprint density at radius 1 is 1.39 bits per heavy atom. The number of aryl methyl sites for hydroxylation is 1. The quantitative estimate of drug-likeness (QED) is 0.437. The molecule has 0 fully saturated rings.